The van der Waals surface area contributed by atoms with E-state index in [1.54, 1.807) is 6.07 Å². The fourth-order valence-electron chi connectivity index (χ4n) is 2.47. The van der Waals surface area contributed by atoms with Crippen molar-refractivity contribution in [3.8, 4) is 0 Å². The first-order chi connectivity index (χ1) is 8.95. The molecule has 19 heavy (non-hydrogen) atoms. The molecule has 4 nitrogen and oxygen atoms in total. The van der Waals surface area contributed by atoms with Crippen molar-refractivity contribution in [3.63, 3.8) is 0 Å². The van der Waals surface area contributed by atoms with Crippen molar-refractivity contribution in [2.45, 2.75) is 25.3 Å². The van der Waals surface area contributed by atoms with Crippen LogP contribution in [0.4, 0.5) is 5.69 Å². The Bertz CT molecular complexity index is 482. The van der Waals surface area contributed by atoms with Crippen molar-refractivity contribution in [2.75, 3.05) is 25.0 Å². The maximum Gasteiger partial charge on any atom is 0.250 e. The maximum absolute atomic E-state index is 11.5. The number of nitrogens with zero attached hydrogens (tertiary/aromatic N) is 1. The van der Waals surface area contributed by atoms with Gasteiger partial charge in [-0.25, -0.2) is 0 Å². The van der Waals surface area contributed by atoms with Crippen molar-refractivity contribution in [1.29, 1.82) is 0 Å². The van der Waals surface area contributed by atoms with Crippen LogP contribution in [0.1, 0.15) is 30.1 Å². The first-order valence-corrected chi connectivity index (χ1v) is 7.28. The first-order valence-electron chi connectivity index (χ1n) is 6.48. The van der Waals surface area contributed by atoms with Gasteiger partial charge in [-0.3, -0.25) is 4.79 Å². The molecule has 0 bridgehead atoms. The molecule has 0 radical (unpaired) electrons. The number of hydrogen-bond donors (Lipinski definition) is 2. The van der Waals surface area contributed by atoms with Gasteiger partial charge in [0.1, 0.15) is 0 Å². The van der Waals surface area contributed by atoms with Crippen molar-refractivity contribution < 1.29 is 4.79 Å². The van der Waals surface area contributed by atoms with Gasteiger partial charge >= 0.3 is 0 Å². The summed E-state index contributed by atoms with van der Waals surface area (Å²) in [4.78, 5) is 13.8. The zero-order chi connectivity index (χ0) is 14.0. The minimum absolute atomic E-state index is 0.190. The van der Waals surface area contributed by atoms with Crippen LogP contribution in [0.15, 0.2) is 22.7 Å². The third-order valence-electron chi connectivity index (χ3n) is 4.04. The van der Waals surface area contributed by atoms with Crippen molar-refractivity contribution in [1.82, 2.24) is 5.32 Å². The largest absolute Gasteiger partial charge is 0.371 e. The topological polar surface area (TPSA) is 58.4 Å². The normalized spacial score (nSPS) is 18.4. The van der Waals surface area contributed by atoms with Gasteiger partial charge in [0.2, 0.25) is 0 Å². The van der Waals surface area contributed by atoms with Crippen LogP contribution in [-0.4, -0.2) is 31.6 Å². The third kappa shape index (κ3) is 3.09. The highest BCUT2D eigenvalue weighted by Gasteiger charge is 2.29. The van der Waals surface area contributed by atoms with Gasteiger partial charge < -0.3 is 16.0 Å². The number of amides is 1. The van der Waals surface area contributed by atoms with Crippen molar-refractivity contribution in [2.24, 2.45) is 5.73 Å². The summed E-state index contributed by atoms with van der Waals surface area (Å²) in [6.07, 6.45) is 2.10. The van der Waals surface area contributed by atoms with E-state index in [0.717, 1.165) is 36.1 Å². The Kier molecular flexibility index (Phi) is 4.16. The monoisotopic (exact) mass is 325 g/mol. The second kappa shape index (κ2) is 5.51. The van der Waals surface area contributed by atoms with E-state index in [1.165, 1.54) is 0 Å². The molecule has 1 aromatic carbocycles. The number of rotatable bonds is 3. The Labute approximate surface area is 122 Å². The molecule has 0 aromatic heterocycles. The molecule has 0 saturated carbocycles. The Balaban J connectivity index is 2.24. The van der Waals surface area contributed by atoms with E-state index < -0.39 is 0 Å². The highest BCUT2D eigenvalue weighted by atomic mass is 79.9. The molecule has 1 aromatic rings. The molecule has 1 amide bonds. The third-order valence-corrected chi connectivity index (χ3v) is 4.53. The summed E-state index contributed by atoms with van der Waals surface area (Å²) in [5.41, 5.74) is 7.17. The Hall–Kier alpha value is -1.07. The van der Waals surface area contributed by atoms with Crippen LogP contribution in [0, 0.1) is 0 Å². The summed E-state index contributed by atoms with van der Waals surface area (Å²) in [5.74, 6) is -0.371. The number of primary amides is 1. The number of anilines is 1. The molecule has 2 rings (SSSR count). The first kappa shape index (κ1) is 14.3. The van der Waals surface area contributed by atoms with Crippen LogP contribution >= 0.6 is 15.9 Å². The number of nitrogens with one attached hydrogen (secondary N) is 1. The fourth-order valence-corrected chi connectivity index (χ4v) is 2.81. The number of carbonyl (C=O) groups excluding carboxylic acids is 1. The van der Waals surface area contributed by atoms with E-state index in [2.05, 4.69) is 33.1 Å². The van der Waals surface area contributed by atoms with E-state index in [-0.39, 0.29) is 11.4 Å². The molecule has 1 aliphatic rings. The molecule has 0 spiro atoms. The van der Waals surface area contributed by atoms with Crippen molar-refractivity contribution >= 4 is 27.5 Å². The molecule has 0 aliphatic carbocycles. The molecule has 104 valence electrons. The maximum atomic E-state index is 11.5. The standard InChI is InChI=1S/C14H20BrN3O/c1-14(17-2)5-7-18(8-6-14)12-9-10(15)3-4-11(12)13(16)19/h3-4,9,17H,5-8H2,1-2H3,(H2,16,19). The van der Waals surface area contributed by atoms with Crippen LogP contribution < -0.4 is 16.0 Å². The number of nitrogens with two attached hydrogens (primary N) is 1. The summed E-state index contributed by atoms with van der Waals surface area (Å²) in [7, 11) is 2.00. The summed E-state index contributed by atoms with van der Waals surface area (Å²) in [6, 6.07) is 5.61. The molecule has 3 N–H and O–H groups in total. The number of hydrogen-bond acceptors (Lipinski definition) is 3. The summed E-state index contributed by atoms with van der Waals surface area (Å²) >= 11 is 3.46. The van der Waals surface area contributed by atoms with E-state index >= 15 is 0 Å². The van der Waals surface area contributed by atoms with Gasteiger partial charge in [0, 0.05) is 23.1 Å². The van der Waals surface area contributed by atoms with Crippen LogP contribution in [0.25, 0.3) is 0 Å². The van der Waals surface area contributed by atoms with E-state index in [4.69, 9.17) is 5.73 Å². The lowest BCUT2D eigenvalue weighted by molar-refractivity contribution is 0.100. The van der Waals surface area contributed by atoms with E-state index in [1.807, 2.05) is 19.2 Å². The molecular weight excluding hydrogens is 306 g/mol. The quantitative estimate of drug-likeness (QED) is 0.895. The van der Waals surface area contributed by atoms with Crippen LogP contribution in [0.5, 0.6) is 0 Å². The van der Waals surface area contributed by atoms with Gasteiger partial charge in [-0.05, 0) is 45.0 Å². The minimum atomic E-state index is -0.371. The molecule has 0 unspecified atom stereocenters. The van der Waals surface area contributed by atoms with Gasteiger partial charge in [0.05, 0.1) is 11.3 Å². The predicted molar refractivity (Wildman–Crippen MR) is 81.6 cm³/mol. The SMILES string of the molecule is CNC1(C)CCN(c2cc(Br)ccc2C(N)=O)CC1. The fraction of sp³-hybridized carbons (Fsp3) is 0.500. The second-order valence-corrected chi connectivity index (χ2v) is 6.24. The van der Waals surface area contributed by atoms with Gasteiger partial charge in [-0.2, -0.15) is 0 Å². The Morgan fingerprint density at radius 1 is 1.42 bits per heavy atom. The summed E-state index contributed by atoms with van der Waals surface area (Å²) in [6.45, 7) is 4.09. The van der Waals surface area contributed by atoms with Crippen LogP contribution in [-0.2, 0) is 0 Å². The minimum Gasteiger partial charge on any atom is -0.371 e. The van der Waals surface area contributed by atoms with Crippen LogP contribution in [0.3, 0.4) is 0 Å². The highest BCUT2D eigenvalue weighted by molar-refractivity contribution is 9.10. The summed E-state index contributed by atoms with van der Waals surface area (Å²) in [5, 5.41) is 3.37. The lowest BCUT2D eigenvalue weighted by Gasteiger charge is -2.40. The summed E-state index contributed by atoms with van der Waals surface area (Å²) < 4.78 is 0.967. The molecule has 5 heteroatoms. The zero-order valence-electron chi connectivity index (χ0n) is 11.4. The smallest absolute Gasteiger partial charge is 0.250 e. The number of halogens is 1. The lowest BCUT2D eigenvalue weighted by Crippen LogP contribution is -2.50. The number of piperidine rings is 1. The molecule has 1 aliphatic heterocycles. The number of carbonyl (C=O) groups is 1. The second-order valence-electron chi connectivity index (χ2n) is 5.32. The Morgan fingerprint density at radius 3 is 2.58 bits per heavy atom. The lowest BCUT2D eigenvalue weighted by atomic mass is 9.89. The predicted octanol–water partition coefficient (Wildman–Crippen LogP) is 2.13. The molecular formula is C14H20BrN3O. The average Bonchev–Trinajstić information content (AvgIpc) is 2.39. The molecule has 1 fully saturated rings. The highest BCUT2D eigenvalue weighted by Crippen LogP contribution is 2.30. The Morgan fingerprint density at radius 2 is 2.05 bits per heavy atom. The van der Waals surface area contributed by atoms with Gasteiger partial charge in [0.15, 0.2) is 0 Å². The molecule has 1 heterocycles. The van der Waals surface area contributed by atoms with Gasteiger partial charge in [-0.1, -0.05) is 15.9 Å². The number of benzene rings is 1. The average molecular weight is 326 g/mol. The van der Waals surface area contributed by atoms with Gasteiger partial charge in [-0.15, -0.1) is 0 Å². The van der Waals surface area contributed by atoms with E-state index in [0.29, 0.717) is 5.56 Å². The van der Waals surface area contributed by atoms with Crippen LogP contribution in [0.2, 0.25) is 0 Å². The van der Waals surface area contributed by atoms with E-state index in [9.17, 15) is 4.79 Å². The van der Waals surface area contributed by atoms with Gasteiger partial charge in [0.25, 0.3) is 5.91 Å². The molecule has 1 saturated heterocycles. The van der Waals surface area contributed by atoms with Crippen molar-refractivity contribution in [3.05, 3.63) is 28.2 Å². The molecule has 0 atom stereocenters. The zero-order valence-corrected chi connectivity index (χ0v) is 13.0.